The summed E-state index contributed by atoms with van der Waals surface area (Å²) in [5, 5.41) is 0.974. The molecule has 0 bridgehead atoms. The molecule has 3 aromatic rings. The summed E-state index contributed by atoms with van der Waals surface area (Å²) in [5.74, 6) is 0.864. The van der Waals surface area contributed by atoms with Gasteiger partial charge in [0.15, 0.2) is 0 Å². The number of thioether (sulfide) groups is 1. The summed E-state index contributed by atoms with van der Waals surface area (Å²) >= 11 is 3.17. The van der Waals surface area contributed by atoms with Gasteiger partial charge in [-0.25, -0.2) is 0 Å². The molecule has 0 saturated heterocycles. The van der Waals surface area contributed by atoms with Crippen molar-refractivity contribution in [3.05, 3.63) is 91.9 Å². The number of rotatable bonds is 2. The minimum Gasteiger partial charge on any atom is -0.490 e. The van der Waals surface area contributed by atoms with Crippen molar-refractivity contribution >= 4 is 39.6 Å². The normalized spacial score (nSPS) is 18.9. The third-order valence-corrected chi connectivity index (χ3v) is 7.82. The maximum atomic E-state index is 13.3. The van der Waals surface area contributed by atoms with Crippen LogP contribution in [-0.2, 0) is 24.3 Å². The number of fused-ring (bicyclic) bond motifs is 2. The average molecular weight is 421 g/mol. The van der Waals surface area contributed by atoms with Gasteiger partial charge in [0.25, 0.3) is 5.56 Å². The molecule has 0 saturated carbocycles. The molecule has 0 spiro atoms. The Balaban J connectivity index is 1.72. The molecule has 0 amide bonds. The molecule has 0 fully saturated rings. The van der Waals surface area contributed by atoms with Crippen LogP contribution in [0.5, 0.6) is 0 Å². The Labute approximate surface area is 177 Å². The fraction of sp³-hybridized carbons (Fsp3) is 0.174. The van der Waals surface area contributed by atoms with Crippen molar-refractivity contribution in [2.75, 3.05) is 11.9 Å². The largest absolute Gasteiger partial charge is 0.490 e. The highest BCUT2D eigenvalue weighted by molar-refractivity contribution is 8.08. The van der Waals surface area contributed by atoms with Gasteiger partial charge in [-0.2, -0.15) is 0 Å². The summed E-state index contributed by atoms with van der Waals surface area (Å²) in [7, 11) is 2.02. The Kier molecular flexibility index (Phi) is 4.60. The molecule has 6 heteroatoms. The summed E-state index contributed by atoms with van der Waals surface area (Å²) in [6.07, 6.45) is 2.47. The van der Waals surface area contributed by atoms with Crippen LogP contribution in [-0.4, -0.2) is 11.6 Å². The first kappa shape index (κ1) is 18.3. The lowest BCUT2D eigenvalue weighted by molar-refractivity contribution is 0.239. The van der Waals surface area contributed by atoms with Crippen molar-refractivity contribution in [3.8, 4) is 0 Å². The minimum atomic E-state index is 0.0158. The maximum Gasteiger partial charge on any atom is 0.272 e. The maximum absolute atomic E-state index is 13.3. The first-order chi connectivity index (χ1) is 14.2. The summed E-state index contributed by atoms with van der Waals surface area (Å²) in [6.45, 7) is 4.85. The van der Waals surface area contributed by atoms with Crippen molar-refractivity contribution < 1.29 is 4.74 Å². The number of hydrogen-bond donors (Lipinski definition) is 0. The Morgan fingerprint density at radius 2 is 1.90 bits per heavy atom. The molecule has 0 atom stereocenters. The number of anilines is 1. The van der Waals surface area contributed by atoms with Crippen LogP contribution < -0.4 is 19.7 Å². The Bertz CT molecular complexity index is 1300. The van der Waals surface area contributed by atoms with Crippen LogP contribution in [0.3, 0.4) is 0 Å². The molecule has 1 aromatic heterocycles. The van der Waals surface area contributed by atoms with Gasteiger partial charge in [-0.05, 0) is 23.3 Å². The first-order valence-electron chi connectivity index (χ1n) is 9.45. The lowest BCUT2D eigenvalue weighted by Gasteiger charge is -2.19. The predicted octanol–water partition coefficient (Wildman–Crippen LogP) is 3.28. The molecule has 0 unspecified atom stereocenters. The van der Waals surface area contributed by atoms with E-state index in [-0.39, 0.29) is 5.56 Å². The second-order valence-electron chi connectivity index (χ2n) is 7.03. The highest BCUT2D eigenvalue weighted by atomic mass is 32.2. The van der Waals surface area contributed by atoms with E-state index < -0.39 is 0 Å². The molecular formula is C23H20N2O2S2. The number of thiazole rings is 1. The van der Waals surface area contributed by atoms with Crippen LogP contribution in [0, 0.1) is 0 Å². The molecule has 2 aliphatic heterocycles. The second-order valence-corrected chi connectivity index (χ2v) is 9.06. The molecule has 3 heterocycles. The first-order valence-corrected chi connectivity index (χ1v) is 11.1. The number of aromatic nitrogens is 1. The summed E-state index contributed by atoms with van der Waals surface area (Å²) in [4.78, 5) is 16.6. The minimum absolute atomic E-state index is 0.0158. The van der Waals surface area contributed by atoms with Gasteiger partial charge in [0.2, 0.25) is 0 Å². The predicted molar refractivity (Wildman–Crippen MR) is 120 cm³/mol. The Morgan fingerprint density at radius 1 is 1.14 bits per heavy atom. The molecule has 0 radical (unpaired) electrons. The van der Waals surface area contributed by atoms with Crippen LogP contribution in [0.4, 0.5) is 5.69 Å². The monoisotopic (exact) mass is 420 g/mol. The molecular weight excluding hydrogens is 400 g/mol. The number of allylic oxidation sites excluding steroid dienone is 1. The highest BCUT2D eigenvalue weighted by Crippen LogP contribution is 2.44. The summed E-state index contributed by atoms with van der Waals surface area (Å²) in [6, 6.07) is 16.5. The van der Waals surface area contributed by atoms with Crippen molar-refractivity contribution in [3.63, 3.8) is 0 Å². The third kappa shape index (κ3) is 3.03. The van der Waals surface area contributed by atoms with Crippen molar-refractivity contribution in [2.45, 2.75) is 24.5 Å². The second kappa shape index (κ2) is 7.28. The van der Waals surface area contributed by atoms with Gasteiger partial charge >= 0.3 is 0 Å². The van der Waals surface area contributed by atoms with E-state index >= 15 is 0 Å². The number of ether oxygens (including phenoxy) is 1. The van der Waals surface area contributed by atoms with E-state index in [9.17, 15) is 4.79 Å². The fourth-order valence-corrected chi connectivity index (χ4v) is 6.20. The van der Waals surface area contributed by atoms with Crippen LogP contribution in [0.15, 0.2) is 70.9 Å². The van der Waals surface area contributed by atoms with Crippen molar-refractivity contribution in [1.29, 1.82) is 0 Å². The van der Waals surface area contributed by atoms with Crippen molar-refractivity contribution in [2.24, 2.45) is 0 Å². The lowest BCUT2D eigenvalue weighted by Crippen LogP contribution is -2.34. The number of para-hydroxylation sites is 1. The van der Waals surface area contributed by atoms with E-state index in [1.54, 1.807) is 22.4 Å². The molecule has 2 aliphatic rings. The van der Waals surface area contributed by atoms with Crippen LogP contribution >= 0.6 is 23.1 Å². The van der Waals surface area contributed by atoms with E-state index in [4.69, 9.17) is 4.74 Å². The van der Waals surface area contributed by atoms with Crippen LogP contribution in [0.1, 0.15) is 11.1 Å². The van der Waals surface area contributed by atoms with Gasteiger partial charge in [-0.1, -0.05) is 54.2 Å². The zero-order chi connectivity index (χ0) is 20.0. The zero-order valence-corrected chi connectivity index (χ0v) is 17.7. The van der Waals surface area contributed by atoms with Crippen LogP contribution in [0.25, 0.3) is 10.8 Å². The molecule has 29 heavy (non-hydrogen) atoms. The van der Waals surface area contributed by atoms with Gasteiger partial charge in [0.1, 0.15) is 26.6 Å². The number of hydrogen-bond acceptors (Lipinski definition) is 5. The van der Waals surface area contributed by atoms with E-state index in [2.05, 4.69) is 41.8 Å². The highest BCUT2D eigenvalue weighted by Gasteiger charge is 2.25. The standard InChI is InChI=1S/C23H20N2O2S2/c1-3-12-25-21(26)20(23-24(2)17-10-6-7-11-19(17)28-23)29-22(25)18-13-15-8-4-5-9-16(15)14-27-18/h3-11H,1,12-14H2,2H3/b22-18-,23-20+. The number of benzene rings is 2. The summed E-state index contributed by atoms with van der Waals surface area (Å²) in [5.41, 5.74) is 3.62. The lowest BCUT2D eigenvalue weighted by atomic mass is 10.0. The molecule has 0 aliphatic carbocycles. The van der Waals surface area contributed by atoms with Gasteiger partial charge in [-0.3, -0.25) is 9.36 Å². The SMILES string of the molecule is C=CCn1c(=O)/c(=C2\Sc3ccccc3N2C)s/c1=C1/Cc2ccccc2CO1. The Hall–Kier alpha value is -2.70. The average Bonchev–Trinajstić information content (AvgIpc) is 3.25. The third-order valence-electron chi connectivity index (χ3n) is 5.24. The molecule has 5 rings (SSSR count). The molecule has 2 aromatic carbocycles. The van der Waals surface area contributed by atoms with Gasteiger partial charge in [0, 0.05) is 24.9 Å². The smallest absolute Gasteiger partial charge is 0.272 e. The number of nitrogens with zero attached hydrogens (tertiary/aromatic N) is 2. The Morgan fingerprint density at radius 3 is 2.69 bits per heavy atom. The van der Waals surface area contributed by atoms with E-state index in [0.717, 1.165) is 25.7 Å². The summed E-state index contributed by atoms with van der Waals surface area (Å²) < 4.78 is 9.53. The van der Waals surface area contributed by atoms with Gasteiger partial charge in [-0.15, -0.1) is 17.9 Å². The fourth-order valence-electron chi connectivity index (χ4n) is 3.75. The van der Waals surface area contributed by atoms with Crippen molar-refractivity contribution in [1.82, 2.24) is 4.57 Å². The quantitative estimate of drug-likeness (QED) is 0.596. The van der Waals surface area contributed by atoms with Gasteiger partial charge in [0.05, 0.1) is 5.69 Å². The van der Waals surface area contributed by atoms with E-state index in [0.29, 0.717) is 19.6 Å². The van der Waals surface area contributed by atoms with E-state index in [1.165, 1.54) is 27.4 Å². The zero-order valence-electron chi connectivity index (χ0n) is 16.1. The topological polar surface area (TPSA) is 34.5 Å². The van der Waals surface area contributed by atoms with Gasteiger partial charge < -0.3 is 9.64 Å². The van der Waals surface area contributed by atoms with E-state index in [1.807, 2.05) is 25.2 Å². The van der Waals surface area contributed by atoms with Crippen LogP contribution in [0.2, 0.25) is 0 Å². The molecule has 4 nitrogen and oxygen atoms in total. The molecule has 0 N–H and O–H groups in total. The molecule has 146 valence electrons.